The number of hydrogen-bond donors (Lipinski definition) is 0. The zero-order valence-corrected chi connectivity index (χ0v) is 36.3. The van der Waals surface area contributed by atoms with Crippen LogP contribution >= 0.6 is 0 Å². The van der Waals surface area contributed by atoms with Gasteiger partial charge in [-0.2, -0.15) is 9.13 Å². The van der Waals surface area contributed by atoms with E-state index in [9.17, 15) is 0 Å². The molecule has 1 fully saturated rings. The Balaban J connectivity index is 1.36. The molecule has 6 atom stereocenters. The van der Waals surface area contributed by atoms with Crippen molar-refractivity contribution in [3.05, 3.63) is 143 Å². The Morgan fingerprint density at radius 3 is 2.32 bits per heavy atom. The van der Waals surface area contributed by atoms with Gasteiger partial charge in [0, 0.05) is 49.6 Å². The van der Waals surface area contributed by atoms with Crippen LogP contribution in [0.1, 0.15) is 157 Å². The molecule has 298 valence electrons. The largest absolute Gasteiger partial charge is 0.443 e. The van der Waals surface area contributed by atoms with Crippen LogP contribution in [-0.2, 0) is 4.74 Å². The molecule has 0 radical (unpaired) electrons. The maximum atomic E-state index is 6.79. The van der Waals surface area contributed by atoms with E-state index in [1.54, 1.807) is 0 Å². The first-order valence-electron chi connectivity index (χ1n) is 21.9. The van der Waals surface area contributed by atoms with E-state index in [2.05, 4.69) is 150 Å². The smallest absolute Gasteiger partial charge is 0.222 e. The van der Waals surface area contributed by atoms with Crippen LogP contribution in [0.2, 0.25) is 0 Å². The zero-order valence-electron chi connectivity index (χ0n) is 36.3. The van der Waals surface area contributed by atoms with E-state index in [0.717, 1.165) is 36.2 Å². The van der Waals surface area contributed by atoms with E-state index in [1.807, 2.05) is 6.92 Å². The number of aryl methyl sites for hydroxylation is 1. The monoisotopic (exact) mass is 762 g/mol. The van der Waals surface area contributed by atoms with E-state index < -0.39 is 0 Å². The van der Waals surface area contributed by atoms with Gasteiger partial charge in [0.15, 0.2) is 30.0 Å². The summed E-state index contributed by atoms with van der Waals surface area (Å²) >= 11 is 0. The SMILES string of the molecule is C=C(O/C(C)=N\CC(C)c1cccc(C(C)C)c1)/C1=C(\C(C)CC)CCC2C(C(=C)[n+]3cc(C4CC(C)CC(C)C4)c(C)cc31)c1ccccc1-c1cccc[n+]12. The third-order valence-corrected chi connectivity index (χ3v) is 13.6. The van der Waals surface area contributed by atoms with Gasteiger partial charge < -0.3 is 4.74 Å². The summed E-state index contributed by atoms with van der Waals surface area (Å²) in [5.74, 6) is 4.46. The molecule has 0 bridgehead atoms. The van der Waals surface area contributed by atoms with Crippen molar-refractivity contribution in [3.8, 4) is 11.3 Å². The second kappa shape index (κ2) is 17.1. The molecule has 4 heteroatoms. The molecule has 4 heterocycles. The second-order valence-electron chi connectivity index (χ2n) is 18.3. The lowest BCUT2D eigenvalue weighted by atomic mass is 9.73. The molecule has 2 aromatic carbocycles. The van der Waals surface area contributed by atoms with Gasteiger partial charge in [-0.05, 0) is 115 Å². The minimum absolute atomic E-state index is 0.0929. The Bertz CT molecular complexity index is 2200. The lowest BCUT2D eigenvalue weighted by molar-refractivity contribution is -0.720. The van der Waals surface area contributed by atoms with Crippen LogP contribution in [0.4, 0.5) is 0 Å². The van der Waals surface area contributed by atoms with Gasteiger partial charge in [-0.1, -0.05) is 97.5 Å². The van der Waals surface area contributed by atoms with Crippen molar-refractivity contribution in [2.45, 2.75) is 131 Å². The molecule has 2 aliphatic heterocycles. The van der Waals surface area contributed by atoms with Crippen LogP contribution in [0.15, 0.2) is 115 Å². The molecular formula is C53H67N3O+2. The summed E-state index contributed by atoms with van der Waals surface area (Å²) in [6.45, 7) is 31.1. The molecule has 4 aromatic rings. The lowest BCUT2D eigenvalue weighted by Crippen LogP contribution is -2.51. The molecule has 0 spiro atoms. The third kappa shape index (κ3) is 8.25. The predicted molar refractivity (Wildman–Crippen MR) is 238 cm³/mol. The Hall–Kier alpha value is -4.57. The number of fused-ring (bicyclic) bond motifs is 7. The summed E-state index contributed by atoms with van der Waals surface area (Å²) in [6.07, 6.45) is 11.5. The maximum Gasteiger partial charge on any atom is 0.222 e. The van der Waals surface area contributed by atoms with Crippen LogP contribution < -0.4 is 9.13 Å². The standard InChI is InChI=1S/C53H67N3O/c1-12-36(6)45-23-24-50-52(47-21-14-13-20-46(47)49-22-15-16-25-55(49)50)39(9)56-32-48(44-27-34(4)26-35(5)28-44)37(7)29-51(56)53(45)40(10)57-41(11)54-31-38(8)43-19-17-18-42(30-43)33(2)3/h13-22,25,29-30,32-36,38,44,50,52H,9-10,12,23-24,26-28,31H2,1-8,11H3/q+2/b53-45+,54-41-. The maximum absolute atomic E-state index is 6.79. The first kappa shape index (κ1) is 40.6. The van der Waals surface area contributed by atoms with Gasteiger partial charge in [0.25, 0.3) is 0 Å². The van der Waals surface area contributed by atoms with Crippen LogP contribution in [0, 0.1) is 24.7 Å². The molecule has 1 aliphatic carbocycles. The summed E-state index contributed by atoms with van der Waals surface area (Å²) in [5, 5.41) is 0. The van der Waals surface area contributed by atoms with Gasteiger partial charge in [0.1, 0.15) is 11.7 Å². The molecule has 7 rings (SSSR count). The molecule has 0 saturated heterocycles. The predicted octanol–water partition coefficient (Wildman–Crippen LogP) is 13.1. The highest BCUT2D eigenvalue weighted by Crippen LogP contribution is 2.48. The third-order valence-electron chi connectivity index (χ3n) is 13.6. The first-order valence-corrected chi connectivity index (χ1v) is 21.9. The van der Waals surface area contributed by atoms with Gasteiger partial charge in [0.2, 0.25) is 11.4 Å². The second-order valence-corrected chi connectivity index (χ2v) is 18.3. The van der Waals surface area contributed by atoms with E-state index in [1.165, 1.54) is 63.9 Å². The molecule has 6 unspecified atom stereocenters. The highest BCUT2D eigenvalue weighted by molar-refractivity contribution is 5.83. The van der Waals surface area contributed by atoms with Gasteiger partial charge >= 0.3 is 0 Å². The van der Waals surface area contributed by atoms with Crippen molar-refractivity contribution in [1.82, 2.24) is 0 Å². The van der Waals surface area contributed by atoms with E-state index in [4.69, 9.17) is 22.9 Å². The first-order chi connectivity index (χ1) is 27.4. The van der Waals surface area contributed by atoms with Crippen molar-refractivity contribution >= 4 is 17.2 Å². The minimum Gasteiger partial charge on any atom is -0.443 e. The molecule has 1 saturated carbocycles. The Morgan fingerprint density at radius 2 is 1.58 bits per heavy atom. The fourth-order valence-electron chi connectivity index (χ4n) is 10.4. The summed E-state index contributed by atoms with van der Waals surface area (Å²) in [7, 11) is 0. The molecule has 57 heavy (non-hydrogen) atoms. The van der Waals surface area contributed by atoms with Gasteiger partial charge in [-0.25, -0.2) is 0 Å². The highest BCUT2D eigenvalue weighted by Gasteiger charge is 2.47. The fourth-order valence-corrected chi connectivity index (χ4v) is 10.4. The summed E-state index contributed by atoms with van der Waals surface area (Å²) in [6, 6.07) is 27.3. The molecule has 3 aliphatic rings. The number of nitrogens with zero attached hydrogens (tertiary/aromatic N) is 3. The van der Waals surface area contributed by atoms with Crippen molar-refractivity contribution < 1.29 is 13.9 Å². The number of allylic oxidation sites excluding steroid dienone is 3. The minimum atomic E-state index is 0.0929. The number of hydrogen-bond acceptors (Lipinski definition) is 2. The summed E-state index contributed by atoms with van der Waals surface area (Å²) in [5.41, 5.74) is 14.2. The van der Waals surface area contributed by atoms with Gasteiger partial charge in [-0.3, -0.25) is 4.99 Å². The van der Waals surface area contributed by atoms with E-state index in [0.29, 0.717) is 47.8 Å². The molecule has 2 aromatic heterocycles. The quantitative estimate of drug-likeness (QED) is 0.0723. The summed E-state index contributed by atoms with van der Waals surface area (Å²) in [4.78, 5) is 5.03. The molecule has 4 nitrogen and oxygen atoms in total. The Labute approximate surface area is 344 Å². The topological polar surface area (TPSA) is 29.3 Å². The van der Waals surface area contributed by atoms with E-state index in [-0.39, 0.29) is 17.9 Å². The van der Waals surface area contributed by atoms with Crippen molar-refractivity contribution in [3.63, 3.8) is 0 Å². The highest BCUT2D eigenvalue weighted by atomic mass is 16.5. The fraction of sp³-hybridized carbons (Fsp3) is 0.453. The average Bonchev–Trinajstić information content (AvgIpc) is 3.24. The molecule has 0 N–H and O–H groups in total. The van der Waals surface area contributed by atoms with Crippen LogP contribution in [0.5, 0.6) is 0 Å². The van der Waals surface area contributed by atoms with Crippen molar-refractivity contribution in [1.29, 1.82) is 0 Å². The van der Waals surface area contributed by atoms with Crippen LogP contribution in [0.3, 0.4) is 0 Å². The Morgan fingerprint density at radius 1 is 0.860 bits per heavy atom. The Kier molecular flexibility index (Phi) is 12.2. The number of ether oxygens (including phenoxy) is 1. The molecular weight excluding hydrogens is 695 g/mol. The number of aromatic nitrogens is 2. The number of benzene rings is 2. The average molecular weight is 762 g/mol. The lowest BCUT2D eigenvalue weighted by Gasteiger charge is -2.32. The van der Waals surface area contributed by atoms with Crippen LogP contribution in [-0.4, -0.2) is 12.4 Å². The number of pyridine rings is 2. The van der Waals surface area contributed by atoms with Gasteiger partial charge in [0.05, 0.1) is 11.1 Å². The zero-order chi connectivity index (χ0) is 40.5. The van der Waals surface area contributed by atoms with E-state index >= 15 is 0 Å². The van der Waals surface area contributed by atoms with Gasteiger partial charge in [-0.15, -0.1) is 0 Å². The van der Waals surface area contributed by atoms with Crippen molar-refractivity contribution in [2.75, 3.05) is 6.54 Å². The normalized spacial score (nSPS) is 24.6. The molecule has 0 amide bonds. The van der Waals surface area contributed by atoms with Crippen LogP contribution in [0.25, 0.3) is 22.5 Å². The van der Waals surface area contributed by atoms with Crippen molar-refractivity contribution in [2.24, 2.45) is 22.7 Å². The summed E-state index contributed by atoms with van der Waals surface area (Å²) < 4.78 is 11.8. The number of rotatable bonds is 9. The number of aliphatic imine (C=N–C) groups is 1.